The summed E-state index contributed by atoms with van der Waals surface area (Å²) >= 11 is 0. The monoisotopic (exact) mass is 296 g/mol. The maximum atomic E-state index is 12.7. The van der Waals surface area contributed by atoms with Crippen molar-refractivity contribution in [2.75, 3.05) is 6.61 Å². The van der Waals surface area contributed by atoms with Gasteiger partial charge in [-0.2, -0.15) is 5.10 Å². The lowest BCUT2D eigenvalue weighted by molar-refractivity contribution is 0.100. The SMILES string of the molecule is Cc1cccc2c1OC/C(=C/c1cn[nH]c1C(C)(C)C)C2=O. The third-order valence-corrected chi connectivity index (χ3v) is 3.87. The second-order valence-electron chi connectivity index (χ2n) is 6.69. The third kappa shape index (κ3) is 2.45. The van der Waals surface area contributed by atoms with Crippen molar-refractivity contribution in [3.63, 3.8) is 0 Å². The molecule has 0 spiro atoms. The van der Waals surface area contributed by atoms with Crippen LogP contribution in [0.15, 0.2) is 30.0 Å². The molecule has 3 rings (SSSR count). The second-order valence-corrected chi connectivity index (χ2v) is 6.69. The average molecular weight is 296 g/mol. The number of nitrogens with zero attached hydrogens (tertiary/aromatic N) is 1. The lowest BCUT2D eigenvalue weighted by atomic mass is 9.88. The fourth-order valence-corrected chi connectivity index (χ4v) is 2.71. The standard InChI is InChI=1S/C18H20N2O2/c1-11-6-5-7-14-15(21)13(10-22-16(11)14)8-12-9-19-20-17(12)18(2,3)4/h5-9H,10H2,1-4H3,(H,19,20)/b13-8-. The largest absolute Gasteiger partial charge is 0.488 e. The quantitative estimate of drug-likeness (QED) is 0.817. The van der Waals surface area contributed by atoms with Crippen LogP contribution in [0.5, 0.6) is 5.75 Å². The molecule has 2 heterocycles. The van der Waals surface area contributed by atoms with Crippen molar-refractivity contribution >= 4 is 11.9 Å². The Hall–Kier alpha value is -2.36. The number of carbonyl (C=O) groups is 1. The Labute approximate surface area is 130 Å². The number of para-hydroxylation sites is 1. The van der Waals surface area contributed by atoms with Gasteiger partial charge in [-0.15, -0.1) is 0 Å². The first-order valence-corrected chi connectivity index (χ1v) is 7.39. The smallest absolute Gasteiger partial charge is 0.196 e. The summed E-state index contributed by atoms with van der Waals surface area (Å²) in [6, 6.07) is 5.66. The molecular weight excluding hydrogens is 276 g/mol. The molecule has 1 aromatic carbocycles. The van der Waals surface area contributed by atoms with Gasteiger partial charge in [0.2, 0.25) is 0 Å². The zero-order chi connectivity index (χ0) is 15.9. The van der Waals surface area contributed by atoms with Gasteiger partial charge in [0.15, 0.2) is 5.78 Å². The molecule has 1 aliphatic heterocycles. The molecule has 0 radical (unpaired) electrons. The van der Waals surface area contributed by atoms with E-state index >= 15 is 0 Å². The van der Waals surface area contributed by atoms with Crippen LogP contribution in [-0.2, 0) is 5.41 Å². The van der Waals surface area contributed by atoms with E-state index in [0.717, 1.165) is 16.8 Å². The molecule has 0 amide bonds. The van der Waals surface area contributed by atoms with E-state index in [1.165, 1.54) is 0 Å². The molecule has 0 bridgehead atoms. The van der Waals surface area contributed by atoms with Gasteiger partial charge in [-0.3, -0.25) is 9.89 Å². The second kappa shape index (κ2) is 5.13. The Bertz CT molecular complexity index is 764. The minimum atomic E-state index is -0.0596. The Morgan fingerprint density at radius 1 is 1.32 bits per heavy atom. The van der Waals surface area contributed by atoms with Crippen molar-refractivity contribution in [1.82, 2.24) is 10.2 Å². The molecular formula is C18H20N2O2. The average Bonchev–Trinajstić information content (AvgIpc) is 2.91. The van der Waals surface area contributed by atoms with Crippen LogP contribution in [0.1, 0.15) is 48.0 Å². The fourth-order valence-electron chi connectivity index (χ4n) is 2.71. The summed E-state index contributed by atoms with van der Waals surface area (Å²) in [6.45, 7) is 8.58. The van der Waals surface area contributed by atoms with E-state index in [1.807, 2.05) is 31.2 Å². The lowest BCUT2D eigenvalue weighted by Crippen LogP contribution is -2.20. The van der Waals surface area contributed by atoms with Crippen LogP contribution in [0.3, 0.4) is 0 Å². The van der Waals surface area contributed by atoms with Gasteiger partial charge >= 0.3 is 0 Å². The van der Waals surface area contributed by atoms with Gasteiger partial charge in [-0.25, -0.2) is 0 Å². The Kier molecular flexibility index (Phi) is 3.39. The van der Waals surface area contributed by atoms with Crippen molar-refractivity contribution in [2.45, 2.75) is 33.1 Å². The fraction of sp³-hybridized carbons (Fsp3) is 0.333. The van der Waals surface area contributed by atoms with Gasteiger partial charge in [-0.1, -0.05) is 32.9 Å². The highest BCUT2D eigenvalue weighted by Gasteiger charge is 2.26. The summed E-state index contributed by atoms with van der Waals surface area (Å²) in [4.78, 5) is 12.7. The summed E-state index contributed by atoms with van der Waals surface area (Å²) in [5.41, 5.74) is 4.18. The molecule has 4 heteroatoms. The molecule has 1 aromatic heterocycles. The highest BCUT2D eigenvalue weighted by Crippen LogP contribution is 2.32. The molecule has 114 valence electrons. The number of ether oxygens (including phenoxy) is 1. The highest BCUT2D eigenvalue weighted by atomic mass is 16.5. The first-order valence-electron chi connectivity index (χ1n) is 7.39. The van der Waals surface area contributed by atoms with E-state index in [9.17, 15) is 4.79 Å². The highest BCUT2D eigenvalue weighted by molar-refractivity contribution is 6.14. The van der Waals surface area contributed by atoms with Crippen molar-refractivity contribution in [2.24, 2.45) is 0 Å². The number of Topliss-reactive ketones (excluding diaryl/α,β-unsaturated/α-hetero) is 1. The number of aromatic nitrogens is 2. The molecule has 0 saturated heterocycles. The number of nitrogens with one attached hydrogen (secondary N) is 1. The normalized spacial score (nSPS) is 16.5. The summed E-state index contributed by atoms with van der Waals surface area (Å²) in [7, 11) is 0. The molecule has 0 unspecified atom stereocenters. The summed E-state index contributed by atoms with van der Waals surface area (Å²) in [5.74, 6) is 0.735. The number of carbonyl (C=O) groups excluding carboxylic acids is 1. The van der Waals surface area contributed by atoms with Crippen LogP contribution in [0.25, 0.3) is 6.08 Å². The first-order chi connectivity index (χ1) is 10.4. The number of hydrogen-bond acceptors (Lipinski definition) is 3. The molecule has 0 aliphatic carbocycles. The Morgan fingerprint density at radius 3 is 2.82 bits per heavy atom. The van der Waals surface area contributed by atoms with E-state index in [1.54, 1.807) is 6.20 Å². The van der Waals surface area contributed by atoms with Crippen molar-refractivity contribution in [3.8, 4) is 5.75 Å². The van der Waals surface area contributed by atoms with Crippen LogP contribution < -0.4 is 4.74 Å². The number of ketones is 1. The summed E-state index contributed by atoms with van der Waals surface area (Å²) in [6.07, 6.45) is 3.64. The van der Waals surface area contributed by atoms with Gasteiger partial charge in [-0.05, 0) is 24.6 Å². The molecule has 0 saturated carbocycles. The van der Waals surface area contributed by atoms with Crippen molar-refractivity contribution in [1.29, 1.82) is 0 Å². The molecule has 1 N–H and O–H groups in total. The predicted molar refractivity (Wildman–Crippen MR) is 86.3 cm³/mol. The van der Waals surface area contributed by atoms with Crippen LogP contribution in [-0.4, -0.2) is 22.6 Å². The number of hydrogen-bond donors (Lipinski definition) is 1. The lowest BCUT2D eigenvalue weighted by Gasteiger charge is -2.21. The molecule has 22 heavy (non-hydrogen) atoms. The number of aromatic amines is 1. The van der Waals surface area contributed by atoms with Gasteiger partial charge < -0.3 is 4.74 Å². The van der Waals surface area contributed by atoms with Gasteiger partial charge in [0.1, 0.15) is 12.4 Å². The number of rotatable bonds is 1. The van der Waals surface area contributed by atoms with Crippen LogP contribution in [0.4, 0.5) is 0 Å². The predicted octanol–water partition coefficient (Wildman–Crippen LogP) is 3.67. The van der Waals surface area contributed by atoms with Crippen LogP contribution in [0.2, 0.25) is 0 Å². The van der Waals surface area contributed by atoms with E-state index < -0.39 is 0 Å². The maximum absolute atomic E-state index is 12.7. The number of H-pyrrole nitrogens is 1. The minimum absolute atomic E-state index is 0.0333. The number of fused-ring (bicyclic) bond motifs is 1. The van der Waals surface area contributed by atoms with Crippen LogP contribution >= 0.6 is 0 Å². The zero-order valence-corrected chi connectivity index (χ0v) is 13.4. The number of benzene rings is 1. The van der Waals surface area contributed by atoms with Gasteiger partial charge in [0, 0.05) is 22.2 Å². The minimum Gasteiger partial charge on any atom is -0.488 e. The molecule has 2 aromatic rings. The third-order valence-electron chi connectivity index (χ3n) is 3.87. The van der Waals surface area contributed by atoms with Crippen molar-refractivity contribution < 1.29 is 9.53 Å². The maximum Gasteiger partial charge on any atom is 0.196 e. The zero-order valence-electron chi connectivity index (χ0n) is 13.4. The number of aryl methyl sites for hydroxylation is 1. The van der Waals surface area contributed by atoms with Crippen LogP contribution in [0, 0.1) is 6.92 Å². The molecule has 4 nitrogen and oxygen atoms in total. The molecule has 1 aliphatic rings. The summed E-state index contributed by atoms with van der Waals surface area (Å²) < 4.78 is 5.79. The van der Waals surface area contributed by atoms with Gasteiger partial charge in [0.25, 0.3) is 0 Å². The van der Waals surface area contributed by atoms with Crippen molar-refractivity contribution in [3.05, 3.63) is 52.4 Å². The molecule has 0 atom stereocenters. The molecule has 0 fully saturated rings. The van der Waals surface area contributed by atoms with E-state index in [-0.39, 0.29) is 11.2 Å². The Morgan fingerprint density at radius 2 is 2.09 bits per heavy atom. The topological polar surface area (TPSA) is 55.0 Å². The van der Waals surface area contributed by atoms with E-state index in [4.69, 9.17) is 4.74 Å². The summed E-state index contributed by atoms with van der Waals surface area (Å²) in [5, 5.41) is 7.15. The first kappa shape index (κ1) is 14.6. The van der Waals surface area contributed by atoms with E-state index in [2.05, 4.69) is 31.0 Å². The van der Waals surface area contributed by atoms with Gasteiger partial charge in [0.05, 0.1) is 11.8 Å². The van der Waals surface area contributed by atoms with E-state index in [0.29, 0.717) is 23.5 Å². The Balaban J connectivity index is 2.01.